The minimum Gasteiger partial charge on any atom is -0.481 e. The minimum atomic E-state index is -0.754. The van der Waals surface area contributed by atoms with E-state index in [2.05, 4.69) is 10.6 Å². The average molecular weight is 377 g/mol. The lowest BCUT2D eigenvalue weighted by Crippen LogP contribution is -2.31. The van der Waals surface area contributed by atoms with Gasteiger partial charge in [-0.25, -0.2) is 0 Å². The highest BCUT2D eigenvalue weighted by Gasteiger charge is 2.21. The monoisotopic (exact) mass is 376 g/mol. The van der Waals surface area contributed by atoms with Crippen LogP contribution in [0, 0.1) is 10.8 Å². The predicted molar refractivity (Wildman–Crippen MR) is 104 cm³/mol. The van der Waals surface area contributed by atoms with Crippen LogP contribution >= 0.6 is 11.8 Å². The third-order valence-corrected chi connectivity index (χ3v) is 5.04. The van der Waals surface area contributed by atoms with Gasteiger partial charge in [-0.1, -0.05) is 27.7 Å². The number of thioether (sulfide) groups is 1. The maximum atomic E-state index is 11.7. The van der Waals surface area contributed by atoms with Crippen molar-refractivity contribution in [2.75, 3.05) is 37.7 Å². The SMILES string of the molecule is CC(C)(CO)CCNCCC(=O)NCCSCCC(C)(C)CC(=O)O. The van der Waals surface area contributed by atoms with Crippen LogP contribution in [0.15, 0.2) is 0 Å². The Labute approximate surface area is 156 Å². The van der Waals surface area contributed by atoms with Crippen molar-refractivity contribution in [2.24, 2.45) is 10.8 Å². The van der Waals surface area contributed by atoms with Crippen LogP contribution in [0.25, 0.3) is 0 Å². The van der Waals surface area contributed by atoms with Crippen molar-refractivity contribution in [1.29, 1.82) is 0 Å². The molecule has 1 amide bonds. The Morgan fingerprint density at radius 1 is 0.960 bits per heavy atom. The number of hydrogen-bond donors (Lipinski definition) is 4. The number of nitrogens with one attached hydrogen (secondary N) is 2. The normalized spacial score (nSPS) is 12.2. The van der Waals surface area contributed by atoms with Crippen molar-refractivity contribution in [3.63, 3.8) is 0 Å². The highest BCUT2D eigenvalue weighted by atomic mass is 32.2. The summed E-state index contributed by atoms with van der Waals surface area (Å²) in [6, 6.07) is 0. The molecular weight excluding hydrogens is 340 g/mol. The van der Waals surface area contributed by atoms with Gasteiger partial charge >= 0.3 is 5.97 Å². The van der Waals surface area contributed by atoms with Crippen LogP contribution in [0.4, 0.5) is 0 Å². The van der Waals surface area contributed by atoms with Crippen LogP contribution in [0.1, 0.15) is 53.4 Å². The third-order valence-electron chi connectivity index (χ3n) is 4.06. The maximum Gasteiger partial charge on any atom is 0.303 e. The zero-order valence-electron chi connectivity index (χ0n) is 16.2. The second kappa shape index (κ2) is 12.5. The lowest BCUT2D eigenvalue weighted by molar-refractivity contribution is -0.139. The van der Waals surface area contributed by atoms with Gasteiger partial charge in [0.2, 0.25) is 5.91 Å². The van der Waals surface area contributed by atoms with Gasteiger partial charge in [-0.2, -0.15) is 11.8 Å². The first-order valence-electron chi connectivity index (χ1n) is 8.96. The van der Waals surface area contributed by atoms with Crippen LogP contribution < -0.4 is 10.6 Å². The Bertz CT molecular complexity index is 401. The lowest BCUT2D eigenvalue weighted by Gasteiger charge is -2.21. The number of amides is 1. The molecule has 4 N–H and O–H groups in total. The first-order chi connectivity index (χ1) is 11.6. The lowest BCUT2D eigenvalue weighted by atomic mass is 9.87. The highest BCUT2D eigenvalue weighted by Crippen LogP contribution is 2.26. The van der Waals surface area contributed by atoms with Gasteiger partial charge in [0.15, 0.2) is 0 Å². The minimum absolute atomic E-state index is 0.0423. The molecule has 0 aromatic rings. The van der Waals surface area contributed by atoms with E-state index in [9.17, 15) is 9.59 Å². The van der Waals surface area contributed by atoms with Crippen LogP contribution in [-0.4, -0.2) is 59.8 Å². The zero-order chi connectivity index (χ0) is 19.3. The van der Waals surface area contributed by atoms with Gasteiger partial charge < -0.3 is 20.8 Å². The van der Waals surface area contributed by atoms with E-state index in [0.717, 1.165) is 30.9 Å². The molecule has 7 heteroatoms. The Morgan fingerprint density at radius 3 is 2.24 bits per heavy atom. The van der Waals surface area contributed by atoms with Crippen LogP contribution in [0.5, 0.6) is 0 Å². The van der Waals surface area contributed by atoms with E-state index in [1.165, 1.54) is 0 Å². The summed E-state index contributed by atoms with van der Waals surface area (Å²) in [5, 5.41) is 24.1. The number of hydrogen-bond acceptors (Lipinski definition) is 5. The quantitative estimate of drug-likeness (QED) is 0.327. The molecule has 0 saturated carbocycles. The number of aliphatic carboxylic acids is 1. The third kappa shape index (κ3) is 15.2. The van der Waals surface area contributed by atoms with E-state index in [0.29, 0.717) is 19.5 Å². The molecule has 0 heterocycles. The first-order valence-corrected chi connectivity index (χ1v) is 10.1. The molecule has 0 saturated heterocycles. The van der Waals surface area contributed by atoms with Crippen LogP contribution in [-0.2, 0) is 9.59 Å². The van der Waals surface area contributed by atoms with Crippen molar-refractivity contribution in [1.82, 2.24) is 10.6 Å². The number of carboxylic acid groups (broad SMARTS) is 1. The summed E-state index contributed by atoms with van der Waals surface area (Å²) in [4.78, 5) is 22.5. The zero-order valence-corrected chi connectivity index (χ0v) is 17.0. The number of aliphatic hydroxyl groups excluding tert-OH is 1. The first kappa shape index (κ1) is 24.2. The largest absolute Gasteiger partial charge is 0.481 e. The van der Waals surface area contributed by atoms with Crippen molar-refractivity contribution in [2.45, 2.75) is 53.4 Å². The van der Waals surface area contributed by atoms with Crippen molar-refractivity contribution < 1.29 is 19.8 Å². The second-order valence-corrected chi connectivity index (χ2v) is 9.24. The Hall–Kier alpha value is -0.790. The molecule has 6 nitrogen and oxygen atoms in total. The van der Waals surface area contributed by atoms with E-state index in [1.807, 2.05) is 27.7 Å². The fourth-order valence-electron chi connectivity index (χ4n) is 2.13. The molecule has 0 fully saturated rings. The van der Waals surface area contributed by atoms with Crippen molar-refractivity contribution in [3.8, 4) is 0 Å². The molecule has 148 valence electrons. The molecule has 25 heavy (non-hydrogen) atoms. The fourth-order valence-corrected chi connectivity index (χ4v) is 3.28. The van der Waals surface area contributed by atoms with Gasteiger partial charge in [-0.05, 0) is 36.0 Å². The van der Waals surface area contributed by atoms with Gasteiger partial charge in [0.25, 0.3) is 0 Å². The van der Waals surface area contributed by atoms with Crippen LogP contribution in [0.3, 0.4) is 0 Å². The van der Waals surface area contributed by atoms with E-state index in [-0.39, 0.29) is 29.8 Å². The van der Waals surface area contributed by atoms with Crippen LogP contribution in [0.2, 0.25) is 0 Å². The summed E-state index contributed by atoms with van der Waals surface area (Å²) in [5.41, 5.74) is -0.260. The number of carbonyl (C=O) groups is 2. The summed E-state index contributed by atoms with van der Waals surface area (Å²) in [7, 11) is 0. The van der Waals surface area contributed by atoms with Gasteiger partial charge in [0.05, 0.1) is 6.42 Å². The summed E-state index contributed by atoms with van der Waals surface area (Å²) >= 11 is 1.74. The molecule has 0 aliphatic carbocycles. The summed E-state index contributed by atoms with van der Waals surface area (Å²) in [5.74, 6) is 1.03. The highest BCUT2D eigenvalue weighted by molar-refractivity contribution is 7.99. The van der Waals surface area contributed by atoms with Gasteiger partial charge in [0.1, 0.15) is 0 Å². The molecule has 0 bridgehead atoms. The van der Waals surface area contributed by atoms with E-state index < -0.39 is 5.97 Å². The van der Waals surface area contributed by atoms with Gasteiger partial charge in [-0.15, -0.1) is 0 Å². The van der Waals surface area contributed by atoms with Gasteiger partial charge in [0, 0.05) is 31.9 Å². The molecule has 0 unspecified atom stereocenters. The molecule has 0 rings (SSSR count). The Morgan fingerprint density at radius 2 is 1.64 bits per heavy atom. The predicted octanol–water partition coefficient (Wildman–Crippen LogP) is 2.12. The second-order valence-electron chi connectivity index (χ2n) is 8.02. The summed E-state index contributed by atoms with van der Waals surface area (Å²) < 4.78 is 0. The molecular formula is C18H36N2O4S. The van der Waals surface area contributed by atoms with Crippen molar-refractivity contribution in [3.05, 3.63) is 0 Å². The van der Waals surface area contributed by atoms with E-state index >= 15 is 0 Å². The molecule has 0 spiro atoms. The molecule has 0 aliphatic rings. The standard InChI is InChI=1S/C18H36N2O4S/c1-17(2,13-16(23)24)7-11-25-12-10-20-15(22)5-8-19-9-6-18(3,4)14-21/h19,21H,5-14H2,1-4H3,(H,20,22)(H,23,24). The number of carbonyl (C=O) groups excluding carboxylic acids is 1. The molecule has 0 aromatic heterocycles. The maximum absolute atomic E-state index is 11.7. The van der Waals surface area contributed by atoms with Gasteiger partial charge in [-0.3, -0.25) is 9.59 Å². The number of aliphatic hydroxyl groups is 1. The number of rotatable bonds is 15. The van der Waals surface area contributed by atoms with E-state index in [4.69, 9.17) is 10.2 Å². The molecule has 0 atom stereocenters. The molecule has 0 aliphatic heterocycles. The van der Waals surface area contributed by atoms with E-state index in [1.54, 1.807) is 11.8 Å². The summed E-state index contributed by atoms with van der Waals surface area (Å²) in [6.07, 6.45) is 2.37. The molecule has 0 aromatic carbocycles. The van der Waals surface area contributed by atoms with Crippen molar-refractivity contribution >= 4 is 23.6 Å². The number of carboxylic acids is 1. The molecule has 0 radical (unpaired) electrons. The topological polar surface area (TPSA) is 98.7 Å². The average Bonchev–Trinajstić information content (AvgIpc) is 2.49. The Balaban J connectivity index is 3.54. The fraction of sp³-hybridized carbons (Fsp3) is 0.889. The smallest absolute Gasteiger partial charge is 0.303 e. The Kier molecular flexibility index (Phi) is 12.1. The summed E-state index contributed by atoms with van der Waals surface area (Å²) in [6.45, 7) is 10.2.